The van der Waals surface area contributed by atoms with Crippen LogP contribution in [0.4, 0.5) is 5.69 Å². The zero-order valence-electron chi connectivity index (χ0n) is 7.65. The van der Waals surface area contributed by atoms with Crippen molar-refractivity contribution in [3.05, 3.63) is 45.5 Å². The van der Waals surface area contributed by atoms with Crippen molar-refractivity contribution in [2.45, 2.75) is 13.8 Å². The highest BCUT2D eigenvalue weighted by molar-refractivity contribution is 5.59. The normalized spacial score (nSPS) is 10.6. The van der Waals surface area contributed by atoms with Crippen LogP contribution < -0.4 is 0 Å². The molecule has 1 aromatic carbocycles. The molecule has 0 amide bonds. The summed E-state index contributed by atoms with van der Waals surface area (Å²) in [6, 6.07) is 5.07. The van der Waals surface area contributed by atoms with Crippen LogP contribution in [0.5, 0.6) is 0 Å². The maximum absolute atomic E-state index is 10.6. The third-order valence-corrected chi connectivity index (χ3v) is 1.89. The first-order valence-corrected chi connectivity index (χ1v) is 4.03. The van der Waals surface area contributed by atoms with E-state index in [-0.39, 0.29) is 10.6 Å². The zero-order chi connectivity index (χ0) is 9.84. The molecule has 0 bridgehead atoms. The number of nitrogens with zero attached hydrogens (tertiary/aromatic N) is 1. The Bertz CT molecular complexity index is 356. The minimum atomic E-state index is -0.359. The Kier molecular flexibility index (Phi) is 2.80. The number of rotatable bonds is 2. The minimum Gasteiger partial charge on any atom is -0.258 e. The predicted octanol–water partition coefficient (Wildman–Crippen LogP) is 2.94. The molecule has 0 aromatic heterocycles. The van der Waals surface area contributed by atoms with Crippen LogP contribution in [-0.2, 0) is 0 Å². The SMILES string of the molecule is C/C=C\c1cccc([N+](=O)[O-])c1C. The fourth-order valence-electron chi connectivity index (χ4n) is 1.20. The highest BCUT2D eigenvalue weighted by Gasteiger charge is 2.10. The molecule has 0 aliphatic carbocycles. The van der Waals surface area contributed by atoms with Gasteiger partial charge in [0.1, 0.15) is 0 Å². The zero-order valence-corrected chi connectivity index (χ0v) is 7.65. The summed E-state index contributed by atoms with van der Waals surface area (Å²) in [4.78, 5) is 10.2. The van der Waals surface area contributed by atoms with E-state index < -0.39 is 0 Å². The summed E-state index contributed by atoms with van der Waals surface area (Å²) in [5, 5.41) is 10.6. The molecule has 1 aromatic rings. The quantitative estimate of drug-likeness (QED) is 0.515. The van der Waals surface area contributed by atoms with E-state index in [0.717, 1.165) is 5.56 Å². The van der Waals surface area contributed by atoms with E-state index in [2.05, 4.69) is 0 Å². The highest BCUT2D eigenvalue weighted by Crippen LogP contribution is 2.21. The smallest absolute Gasteiger partial charge is 0.258 e. The van der Waals surface area contributed by atoms with Crippen LogP contribution in [-0.4, -0.2) is 4.92 Å². The van der Waals surface area contributed by atoms with Gasteiger partial charge in [0.15, 0.2) is 0 Å². The van der Waals surface area contributed by atoms with Crippen molar-refractivity contribution in [2.75, 3.05) is 0 Å². The second-order valence-corrected chi connectivity index (χ2v) is 2.75. The van der Waals surface area contributed by atoms with Gasteiger partial charge in [0.05, 0.1) is 4.92 Å². The monoisotopic (exact) mass is 177 g/mol. The molecule has 68 valence electrons. The Balaban J connectivity index is 3.26. The highest BCUT2D eigenvalue weighted by atomic mass is 16.6. The predicted molar refractivity (Wildman–Crippen MR) is 52.5 cm³/mol. The van der Waals surface area contributed by atoms with Crippen molar-refractivity contribution >= 4 is 11.8 Å². The molecular formula is C10H11NO2. The third-order valence-electron chi connectivity index (χ3n) is 1.89. The first-order chi connectivity index (χ1) is 6.16. The average molecular weight is 177 g/mol. The van der Waals surface area contributed by atoms with Gasteiger partial charge >= 0.3 is 0 Å². The van der Waals surface area contributed by atoms with Crippen LogP contribution in [0.3, 0.4) is 0 Å². The van der Waals surface area contributed by atoms with Gasteiger partial charge in [-0.05, 0) is 19.4 Å². The summed E-state index contributed by atoms with van der Waals surface area (Å²) < 4.78 is 0. The molecular weight excluding hydrogens is 166 g/mol. The number of benzene rings is 1. The average Bonchev–Trinajstić information content (AvgIpc) is 2.08. The summed E-state index contributed by atoms with van der Waals surface area (Å²) in [6.45, 7) is 3.64. The van der Waals surface area contributed by atoms with E-state index in [0.29, 0.717) is 5.56 Å². The van der Waals surface area contributed by atoms with E-state index in [1.54, 1.807) is 13.0 Å². The van der Waals surface area contributed by atoms with Gasteiger partial charge in [-0.1, -0.05) is 24.3 Å². The van der Waals surface area contributed by atoms with Gasteiger partial charge in [-0.25, -0.2) is 0 Å². The van der Waals surface area contributed by atoms with Gasteiger partial charge < -0.3 is 0 Å². The lowest BCUT2D eigenvalue weighted by Gasteiger charge is -2.00. The fourth-order valence-corrected chi connectivity index (χ4v) is 1.20. The number of hydrogen-bond acceptors (Lipinski definition) is 2. The molecule has 0 aliphatic heterocycles. The van der Waals surface area contributed by atoms with Crippen molar-refractivity contribution in [1.82, 2.24) is 0 Å². The summed E-state index contributed by atoms with van der Waals surface area (Å²) in [7, 11) is 0. The third kappa shape index (κ3) is 1.93. The number of nitro groups is 1. The Morgan fingerprint density at radius 2 is 2.15 bits per heavy atom. The Morgan fingerprint density at radius 1 is 1.46 bits per heavy atom. The molecule has 0 saturated heterocycles. The van der Waals surface area contributed by atoms with Gasteiger partial charge in [0.2, 0.25) is 0 Å². The number of hydrogen-bond donors (Lipinski definition) is 0. The summed E-state index contributed by atoms with van der Waals surface area (Å²) >= 11 is 0. The molecule has 0 atom stereocenters. The van der Waals surface area contributed by atoms with Crippen molar-refractivity contribution in [3.63, 3.8) is 0 Å². The lowest BCUT2D eigenvalue weighted by Crippen LogP contribution is -1.92. The number of nitro benzene ring substituents is 1. The molecule has 0 aliphatic rings. The molecule has 3 heteroatoms. The Morgan fingerprint density at radius 3 is 2.69 bits per heavy atom. The molecule has 0 spiro atoms. The van der Waals surface area contributed by atoms with Crippen LogP contribution in [0.2, 0.25) is 0 Å². The van der Waals surface area contributed by atoms with Gasteiger partial charge in [0, 0.05) is 11.6 Å². The Hall–Kier alpha value is -1.64. The maximum Gasteiger partial charge on any atom is 0.272 e. The standard InChI is InChI=1S/C10H11NO2/c1-3-5-9-6-4-7-10(8(9)2)11(12)13/h3-7H,1-2H3/b5-3-. The molecule has 0 radical (unpaired) electrons. The molecule has 0 fully saturated rings. The fraction of sp³-hybridized carbons (Fsp3) is 0.200. The van der Waals surface area contributed by atoms with Crippen LogP contribution >= 0.6 is 0 Å². The van der Waals surface area contributed by atoms with Gasteiger partial charge in [0.25, 0.3) is 5.69 Å². The first kappa shape index (κ1) is 9.45. The van der Waals surface area contributed by atoms with Crippen molar-refractivity contribution in [2.24, 2.45) is 0 Å². The molecule has 3 nitrogen and oxygen atoms in total. The molecule has 1 rings (SSSR count). The summed E-state index contributed by atoms with van der Waals surface area (Å²) in [5.41, 5.74) is 1.79. The first-order valence-electron chi connectivity index (χ1n) is 4.03. The molecule has 0 N–H and O–H groups in total. The van der Waals surface area contributed by atoms with Crippen LogP contribution in [0.1, 0.15) is 18.1 Å². The number of allylic oxidation sites excluding steroid dienone is 1. The van der Waals surface area contributed by atoms with E-state index in [1.807, 2.05) is 25.1 Å². The molecule has 0 unspecified atom stereocenters. The lowest BCUT2D eigenvalue weighted by molar-refractivity contribution is -0.385. The van der Waals surface area contributed by atoms with Gasteiger partial charge in [-0.3, -0.25) is 10.1 Å². The Labute approximate surface area is 76.9 Å². The van der Waals surface area contributed by atoms with Crippen LogP contribution in [0, 0.1) is 17.0 Å². The summed E-state index contributed by atoms with van der Waals surface area (Å²) in [5.74, 6) is 0. The van der Waals surface area contributed by atoms with Crippen LogP contribution in [0.15, 0.2) is 24.3 Å². The van der Waals surface area contributed by atoms with Crippen molar-refractivity contribution in [1.29, 1.82) is 0 Å². The van der Waals surface area contributed by atoms with Gasteiger partial charge in [-0.2, -0.15) is 0 Å². The van der Waals surface area contributed by atoms with Crippen LogP contribution in [0.25, 0.3) is 6.08 Å². The second kappa shape index (κ2) is 3.85. The topological polar surface area (TPSA) is 43.1 Å². The lowest BCUT2D eigenvalue weighted by atomic mass is 10.1. The van der Waals surface area contributed by atoms with Gasteiger partial charge in [-0.15, -0.1) is 0 Å². The van der Waals surface area contributed by atoms with E-state index >= 15 is 0 Å². The van der Waals surface area contributed by atoms with Crippen molar-refractivity contribution in [3.8, 4) is 0 Å². The van der Waals surface area contributed by atoms with E-state index in [9.17, 15) is 10.1 Å². The second-order valence-electron chi connectivity index (χ2n) is 2.75. The molecule has 0 heterocycles. The largest absolute Gasteiger partial charge is 0.272 e. The summed E-state index contributed by atoms with van der Waals surface area (Å²) in [6.07, 6.45) is 3.73. The maximum atomic E-state index is 10.6. The minimum absolute atomic E-state index is 0.176. The molecule has 0 saturated carbocycles. The van der Waals surface area contributed by atoms with E-state index in [4.69, 9.17) is 0 Å². The molecule has 13 heavy (non-hydrogen) atoms. The van der Waals surface area contributed by atoms with E-state index in [1.165, 1.54) is 6.07 Å². The van der Waals surface area contributed by atoms with Crippen molar-refractivity contribution < 1.29 is 4.92 Å².